The lowest BCUT2D eigenvalue weighted by Gasteiger charge is -2.19. The van der Waals surface area contributed by atoms with Gasteiger partial charge in [0.1, 0.15) is 18.3 Å². The van der Waals surface area contributed by atoms with Gasteiger partial charge in [-0.25, -0.2) is 4.79 Å². The molecule has 2 aliphatic rings. The lowest BCUT2D eigenvalue weighted by atomic mass is 10.1. The van der Waals surface area contributed by atoms with Gasteiger partial charge in [0.2, 0.25) is 0 Å². The van der Waals surface area contributed by atoms with Crippen molar-refractivity contribution in [3.8, 4) is 0 Å². The average molecular weight is 294 g/mol. The monoisotopic (exact) mass is 294 g/mol. The molecule has 0 spiro atoms. The summed E-state index contributed by atoms with van der Waals surface area (Å²) in [4.78, 5) is 12.1. The summed E-state index contributed by atoms with van der Waals surface area (Å²) in [5, 5.41) is 0. The van der Waals surface area contributed by atoms with E-state index < -0.39 is 12.4 Å². The molecule has 114 valence electrons. The van der Waals surface area contributed by atoms with E-state index in [0.717, 1.165) is 0 Å². The largest absolute Gasteiger partial charge is 0.453 e. The summed E-state index contributed by atoms with van der Waals surface area (Å²) in [6, 6.07) is 8.84. The smallest absolute Gasteiger partial charge is 0.338 e. The van der Waals surface area contributed by atoms with E-state index in [2.05, 4.69) is 0 Å². The van der Waals surface area contributed by atoms with Gasteiger partial charge >= 0.3 is 5.97 Å². The minimum absolute atomic E-state index is 0.284. The maximum atomic E-state index is 12.1. The number of benzene rings is 1. The van der Waals surface area contributed by atoms with Crippen LogP contribution in [0.3, 0.4) is 0 Å². The molecule has 2 aliphatic heterocycles. The first-order valence-corrected chi connectivity index (χ1v) is 6.83. The number of rotatable bonds is 4. The highest BCUT2D eigenvalue weighted by Gasteiger charge is 2.54. The summed E-state index contributed by atoms with van der Waals surface area (Å²) < 4.78 is 27.5. The fraction of sp³-hybridized carbons (Fsp3) is 0.533. The van der Waals surface area contributed by atoms with Gasteiger partial charge in [0.15, 0.2) is 12.4 Å². The minimum Gasteiger partial charge on any atom is -0.453 e. The van der Waals surface area contributed by atoms with Crippen molar-refractivity contribution in [2.24, 2.45) is 0 Å². The summed E-state index contributed by atoms with van der Waals surface area (Å²) in [6.07, 6.45) is -1.94. The van der Waals surface area contributed by atoms with Gasteiger partial charge in [0.05, 0.1) is 12.2 Å². The van der Waals surface area contributed by atoms with Crippen LogP contribution in [0.5, 0.6) is 0 Å². The molecule has 2 heterocycles. The van der Waals surface area contributed by atoms with Gasteiger partial charge in [0.25, 0.3) is 0 Å². The Labute approximate surface area is 122 Å². The lowest BCUT2D eigenvalue weighted by Crippen LogP contribution is -2.35. The second-order valence-electron chi connectivity index (χ2n) is 5.01. The molecular weight excluding hydrogens is 276 g/mol. The Kier molecular flexibility index (Phi) is 4.21. The van der Waals surface area contributed by atoms with Crippen molar-refractivity contribution >= 4 is 5.97 Å². The van der Waals surface area contributed by atoms with Crippen LogP contribution >= 0.6 is 0 Å². The van der Waals surface area contributed by atoms with Crippen molar-refractivity contribution in [3.05, 3.63) is 35.9 Å². The Morgan fingerprint density at radius 2 is 1.90 bits per heavy atom. The highest BCUT2D eigenvalue weighted by atomic mass is 16.7. The number of carbonyl (C=O) groups is 1. The van der Waals surface area contributed by atoms with Crippen LogP contribution in [0.15, 0.2) is 30.3 Å². The zero-order valence-electron chi connectivity index (χ0n) is 11.9. The van der Waals surface area contributed by atoms with Gasteiger partial charge < -0.3 is 23.7 Å². The maximum Gasteiger partial charge on any atom is 0.338 e. The average Bonchev–Trinajstić information content (AvgIpc) is 3.07. The van der Waals surface area contributed by atoms with Crippen molar-refractivity contribution in [2.75, 3.05) is 20.8 Å². The predicted molar refractivity (Wildman–Crippen MR) is 71.9 cm³/mol. The van der Waals surface area contributed by atoms with Crippen molar-refractivity contribution in [2.45, 2.75) is 30.7 Å². The molecule has 0 radical (unpaired) electrons. The van der Waals surface area contributed by atoms with E-state index >= 15 is 0 Å². The molecule has 0 saturated carbocycles. The Morgan fingerprint density at radius 1 is 1.14 bits per heavy atom. The molecule has 6 heteroatoms. The molecule has 0 amide bonds. The van der Waals surface area contributed by atoms with E-state index in [1.165, 1.54) is 0 Å². The first-order chi connectivity index (χ1) is 10.2. The highest BCUT2D eigenvalue weighted by molar-refractivity contribution is 5.89. The minimum atomic E-state index is -0.511. The van der Waals surface area contributed by atoms with Gasteiger partial charge in [-0.3, -0.25) is 0 Å². The zero-order chi connectivity index (χ0) is 14.8. The van der Waals surface area contributed by atoms with Crippen molar-refractivity contribution in [3.63, 3.8) is 0 Å². The molecule has 6 nitrogen and oxygen atoms in total. The van der Waals surface area contributed by atoms with Crippen molar-refractivity contribution < 1.29 is 28.5 Å². The van der Waals surface area contributed by atoms with Crippen LogP contribution in [0.4, 0.5) is 0 Å². The molecule has 5 atom stereocenters. The quantitative estimate of drug-likeness (QED) is 0.772. The van der Waals surface area contributed by atoms with Gasteiger partial charge in [-0.15, -0.1) is 0 Å². The van der Waals surface area contributed by atoms with E-state index in [1.807, 2.05) is 6.07 Å². The van der Waals surface area contributed by atoms with E-state index in [1.54, 1.807) is 38.5 Å². The third-order valence-electron chi connectivity index (χ3n) is 3.80. The van der Waals surface area contributed by atoms with Gasteiger partial charge in [-0.1, -0.05) is 18.2 Å². The molecule has 2 fully saturated rings. The van der Waals surface area contributed by atoms with Crippen LogP contribution in [-0.4, -0.2) is 57.5 Å². The number of ether oxygens (including phenoxy) is 5. The number of carbonyl (C=O) groups excluding carboxylic acids is 1. The molecule has 1 aromatic rings. The standard InChI is InChI=1S/C15H18O6/c1-17-13-12-11(21-15(13)18-2)10(8-19-12)20-14(16)9-6-4-3-5-7-9/h3-7,10-13,15H,8H2,1-2H3/t10-,11-,12+,13-,15+/m0/s1. The number of fused-ring (bicyclic) bond motifs is 1. The third-order valence-corrected chi connectivity index (χ3v) is 3.80. The molecule has 0 unspecified atom stereocenters. The van der Waals surface area contributed by atoms with E-state index in [9.17, 15) is 4.79 Å². The van der Waals surface area contributed by atoms with Crippen LogP contribution in [0.1, 0.15) is 10.4 Å². The predicted octanol–water partition coefficient (Wildman–Crippen LogP) is 0.997. The van der Waals surface area contributed by atoms with Gasteiger partial charge in [0, 0.05) is 14.2 Å². The molecular formula is C15H18O6. The summed E-state index contributed by atoms with van der Waals surface area (Å²) in [7, 11) is 3.12. The fourth-order valence-corrected chi connectivity index (χ4v) is 2.76. The molecule has 0 aliphatic carbocycles. The van der Waals surface area contributed by atoms with Crippen LogP contribution in [0.2, 0.25) is 0 Å². The van der Waals surface area contributed by atoms with Crippen LogP contribution < -0.4 is 0 Å². The molecule has 0 bridgehead atoms. The highest BCUT2D eigenvalue weighted by Crippen LogP contribution is 2.34. The summed E-state index contributed by atoms with van der Waals surface area (Å²) in [6.45, 7) is 0.296. The molecule has 0 N–H and O–H groups in total. The molecule has 1 aromatic carbocycles. The zero-order valence-corrected chi connectivity index (χ0v) is 11.9. The van der Waals surface area contributed by atoms with Crippen molar-refractivity contribution in [1.82, 2.24) is 0 Å². The lowest BCUT2D eigenvalue weighted by molar-refractivity contribution is -0.174. The number of esters is 1. The van der Waals surface area contributed by atoms with Crippen LogP contribution in [0, 0.1) is 0 Å². The summed E-state index contributed by atoms with van der Waals surface area (Å²) in [5.74, 6) is -0.386. The number of hydrogen-bond donors (Lipinski definition) is 0. The first-order valence-electron chi connectivity index (χ1n) is 6.83. The molecule has 21 heavy (non-hydrogen) atoms. The van der Waals surface area contributed by atoms with Gasteiger partial charge in [-0.2, -0.15) is 0 Å². The van der Waals surface area contributed by atoms with Crippen molar-refractivity contribution in [1.29, 1.82) is 0 Å². The fourth-order valence-electron chi connectivity index (χ4n) is 2.76. The Balaban J connectivity index is 1.67. The molecule has 0 aromatic heterocycles. The van der Waals surface area contributed by atoms with E-state index in [0.29, 0.717) is 12.2 Å². The van der Waals surface area contributed by atoms with Crippen LogP contribution in [0.25, 0.3) is 0 Å². The van der Waals surface area contributed by atoms with Crippen LogP contribution in [-0.2, 0) is 23.7 Å². The Hall–Kier alpha value is -1.47. The van der Waals surface area contributed by atoms with Gasteiger partial charge in [-0.05, 0) is 12.1 Å². The second-order valence-corrected chi connectivity index (χ2v) is 5.01. The number of hydrogen-bond acceptors (Lipinski definition) is 6. The Bertz CT molecular complexity index is 490. The number of methoxy groups -OCH3 is 2. The maximum absolute atomic E-state index is 12.1. The molecule has 3 rings (SSSR count). The summed E-state index contributed by atoms with van der Waals surface area (Å²) >= 11 is 0. The summed E-state index contributed by atoms with van der Waals surface area (Å²) in [5.41, 5.74) is 0.505. The SMILES string of the molecule is CO[C@@H]1O[C@@H]2[C@@H](OC[C@@H]2OC(=O)c2ccccc2)[C@@H]1OC. The molecule has 2 saturated heterocycles. The first kappa shape index (κ1) is 14.5. The topological polar surface area (TPSA) is 63.2 Å². The normalized spacial score (nSPS) is 34.7. The Morgan fingerprint density at radius 3 is 2.57 bits per heavy atom. The van der Waals surface area contributed by atoms with E-state index in [-0.39, 0.29) is 24.3 Å². The van der Waals surface area contributed by atoms with E-state index in [4.69, 9.17) is 23.7 Å². The second kappa shape index (κ2) is 6.11. The third kappa shape index (κ3) is 2.67.